The van der Waals surface area contributed by atoms with Gasteiger partial charge in [-0.15, -0.1) is 0 Å². The lowest BCUT2D eigenvalue weighted by atomic mass is 9.65. The molecular formula is C13H27NO7P2. The Morgan fingerprint density at radius 1 is 1.09 bits per heavy atom. The van der Waals surface area contributed by atoms with E-state index in [1.807, 2.05) is 4.90 Å². The minimum atomic E-state index is -5.37. The molecule has 2 fully saturated rings. The fourth-order valence-corrected chi connectivity index (χ4v) is 6.73. The van der Waals surface area contributed by atoms with Crippen LogP contribution in [0.3, 0.4) is 0 Å². The van der Waals surface area contributed by atoms with Crippen LogP contribution in [0.2, 0.25) is 0 Å². The van der Waals surface area contributed by atoms with Crippen molar-refractivity contribution in [3.05, 3.63) is 0 Å². The molecule has 136 valence electrons. The largest absolute Gasteiger partial charge is 0.369 e. The van der Waals surface area contributed by atoms with Gasteiger partial charge < -0.3 is 24.7 Å². The van der Waals surface area contributed by atoms with Crippen LogP contribution < -0.4 is 0 Å². The molecule has 1 aliphatic carbocycles. The van der Waals surface area contributed by atoms with E-state index in [0.29, 0.717) is 6.54 Å². The molecule has 1 saturated heterocycles. The summed E-state index contributed by atoms with van der Waals surface area (Å²) < 4.78 is 22.9. The molecule has 2 aliphatic rings. The third-order valence-electron chi connectivity index (χ3n) is 5.19. The second-order valence-corrected chi connectivity index (χ2v) is 12.3. The third-order valence-corrected chi connectivity index (χ3v) is 9.07. The molecule has 5 N–H and O–H groups in total. The van der Waals surface area contributed by atoms with E-state index < -0.39 is 26.7 Å². The van der Waals surface area contributed by atoms with Gasteiger partial charge in [-0.25, -0.2) is 0 Å². The number of rotatable bonds is 5. The van der Waals surface area contributed by atoms with Gasteiger partial charge in [0.1, 0.15) is 0 Å². The zero-order valence-electron chi connectivity index (χ0n) is 13.7. The molecule has 2 rings (SSSR count). The van der Waals surface area contributed by atoms with E-state index in [2.05, 4.69) is 20.8 Å². The Bertz CT molecular complexity index is 547. The van der Waals surface area contributed by atoms with Gasteiger partial charge in [-0.2, -0.15) is 0 Å². The Balaban J connectivity index is 2.15. The normalized spacial score (nSPS) is 32.3. The first-order valence-electron chi connectivity index (χ1n) is 7.66. The summed E-state index contributed by atoms with van der Waals surface area (Å²) in [6, 6.07) is 0.210. The highest BCUT2D eigenvalue weighted by molar-refractivity contribution is 7.72. The van der Waals surface area contributed by atoms with Crippen molar-refractivity contribution in [2.24, 2.45) is 10.8 Å². The number of fused-ring (bicyclic) bond motifs is 2. The molecule has 1 heterocycles. The average Bonchev–Trinajstić information content (AvgIpc) is 2.51. The smallest absolute Gasteiger partial charge is 0.367 e. The van der Waals surface area contributed by atoms with E-state index in [-0.39, 0.29) is 23.4 Å². The van der Waals surface area contributed by atoms with Gasteiger partial charge in [0, 0.05) is 25.6 Å². The first-order chi connectivity index (χ1) is 10.1. The molecule has 0 aromatic rings. The summed E-state index contributed by atoms with van der Waals surface area (Å²) in [4.78, 5) is 38.9. The number of likely N-dealkylation sites (tertiary alicyclic amines) is 1. The van der Waals surface area contributed by atoms with Gasteiger partial charge in [0.05, 0.1) is 0 Å². The standard InChI is InChI=1S/C13H27NO7P2/c1-11(2)6-10-7-12(3,8-11)9-14(10)5-4-13(15,22(16,17)18)23(19,20)21/h10,15H,4-9H2,1-3H3,(H2,16,17,18)(H2,19,20,21). The van der Waals surface area contributed by atoms with Crippen molar-refractivity contribution in [3.8, 4) is 0 Å². The van der Waals surface area contributed by atoms with Crippen LogP contribution in [-0.2, 0) is 9.13 Å². The highest BCUT2D eigenvalue weighted by Gasteiger charge is 2.59. The number of nitrogens with zero attached hydrogens (tertiary/aromatic N) is 1. The topological polar surface area (TPSA) is 139 Å². The van der Waals surface area contributed by atoms with Crippen molar-refractivity contribution < 1.29 is 33.8 Å². The van der Waals surface area contributed by atoms with E-state index in [4.69, 9.17) is 0 Å². The van der Waals surface area contributed by atoms with Gasteiger partial charge >= 0.3 is 15.2 Å². The Morgan fingerprint density at radius 2 is 1.61 bits per heavy atom. The fraction of sp³-hybridized carbons (Fsp3) is 1.00. The van der Waals surface area contributed by atoms with Crippen molar-refractivity contribution in [1.29, 1.82) is 0 Å². The van der Waals surface area contributed by atoms with Gasteiger partial charge in [-0.05, 0) is 30.1 Å². The monoisotopic (exact) mass is 371 g/mol. The molecule has 0 aromatic carbocycles. The minimum absolute atomic E-state index is 0.0447. The van der Waals surface area contributed by atoms with Gasteiger partial charge in [-0.3, -0.25) is 14.0 Å². The van der Waals surface area contributed by atoms with E-state index >= 15 is 0 Å². The van der Waals surface area contributed by atoms with Crippen LogP contribution in [0, 0.1) is 10.8 Å². The van der Waals surface area contributed by atoms with Crippen molar-refractivity contribution in [2.45, 2.75) is 57.6 Å². The summed E-state index contributed by atoms with van der Waals surface area (Å²) in [5, 5.41) is 6.69. The second kappa shape index (κ2) is 5.61. The predicted molar refractivity (Wildman–Crippen MR) is 84.8 cm³/mol. The summed E-state index contributed by atoms with van der Waals surface area (Å²) in [6.45, 7) is 7.28. The van der Waals surface area contributed by atoms with Crippen LogP contribution in [0.15, 0.2) is 0 Å². The van der Waals surface area contributed by atoms with Crippen LogP contribution >= 0.6 is 15.2 Å². The van der Waals surface area contributed by atoms with Gasteiger partial charge in [0.15, 0.2) is 0 Å². The molecule has 2 bridgehead atoms. The van der Waals surface area contributed by atoms with Crippen LogP contribution in [0.25, 0.3) is 0 Å². The molecule has 10 heteroatoms. The van der Waals surface area contributed by atoms with Crippen LogP contribution in [0.1, 0.15) is 46.5 Å². The molecule has 1 aliphatic heterocycles. The zero-order chi connectivity index (χ0) is 17.9. The predicted octanol–water partition coefficient (Wildman–Crippen LogP) is 1.28. The lowest BCUT2D eigenvalue weighted by Crippen LogP contribution is -2.38. The molecule has 1 saturated carbocycles. The molecule has 2 unspecified atom stereocenters. The molecule has 0 radical (unpaired) electrons. The van der Waals surface area contributed by atoms with Crippen LogP contribution in [0.5, 0.6) is 0 Å². The SMILES string of the molecule is CC1(C)CC2CC(C)(CN2CCC(O)(P(=O)(O)O)P(=O)(O)O)C1. The summed E-state index contributed by atoms with van der Waals surface area (Å²) in [5.41, 5.74) is 0.254. The van der Waals surface area contributed by atoms with Crippen molar-refractivity contribution >= 4 is 15.2 Å². The summed E-state index contributed by atoms with van der Waals surface area (Å²) in [6.07, 6.45) is 2.26. The maximum atomic E-state index is 11.4. The minimum Gasteiger partial charge on any atom is -0.367 e. The number of hydrogen-bond acceptors (Lipinski definition) is 4. The van der Waals surface area contributed by atoms with E-state index in [1.54, 1.807) is 0 Å². The third kappa shape index (κ3) is 3.75. The first kappa shape index (κ1) is 19.5. The molecule has 8 nitrogen and oxygen atoms in total. The Labute approximate surface area is 136 Å². The van der Waals surface area contributed by atoms with E-state index in [1.165, 1.54) is 0 Å². The molecule has 0 spiro atoms. The summed E-state index contributed by atoms with van der Waals surface area (Å²) in [5.74, 6) is 0. The summed E-state index contributed by atoms with van der Waals surface area (Å²) in [7, 11) is -10.7. The lowest BCUT2D eigenvalue weighted by Gasteiger charge is -2.40. The Kier molecular flexibility index (Phi) is 4.77. The van der Waals surface area contributed by atoms with Crippen molar-refractivity contribution in [3.63, 3.8) is 0 Å². The van der Waals surface area contributed by atoms with E-state index in [9.17, 15) is 33.8 Å². The highest BCUT2D eigenvalue weighted by Crippen LogP contribution is 2.69. The zero-order valence-corrected chi connectivity index (χ0v) is 15.5. The summed E-state index contributed by atoms with van der Waals surface area (Å²) >= 11 is 0. The highest BCUT2D eigenvalue weighted by atomic mass is 31.2. The number of hydrogen-bond donors (Lipinski definition) is 5. The lowest BCUT2D eigenvalue weighted by molar-refractivity contribution is 0.0991. The molecule has 0 amide bonds. The molecule has 23 heavy (non-hydrogen) atoms. The van der Waals surface area contributed by atoms with Gasteiger partial charge in [0.25, 0.3) is 5.08 Å². The van der Waals surface area contributed by atoms with Crippen LogP contribution in [-0.4, -0.2) is 53.8 Å². The quantitative estimate of drug-likeness (QED) is 0.456. The van der Waals surface area contributed by atoms with Gasteiger partial charge in [-0.1, -0.05) is 20.8 Å². The number of aliphatic hydroxyl groups is 1. The fourth-order valence-electron chi connectivity index (χ4n) is 4.59. The Morgan fingerprint density at radius 3 is 2.09 bits per heavy atom. The first-order valence-corrected chi connectivity index (χ1v) is 10.9. The molecule has 0 aromatic heterocycles. The van der Waals surface area contributed by atoms with Crippen LogP contribution in [0.4, 0.5) is 0 Å². The maximum absolute atomic E-state index is 11.4. The molecule has 2 atom stereocenters. The second-order valence-electron chi connectivity index (χ2n) is 8.30. The maximum Gasteiger partial charge on any atom is 0.369 e. The Hall–Kier alpha value is 0.220. The van der Waals surface area contributed by atoms with Crippen molar-refractivity contribution in [2.75, 3.05) is 13.1 Å². The van der Waals surface area contributed by atoms with E-state index in [0.717, 1.165) is 19.3 Å². The van der Waals surface area contributed by atoms with Crippen molar-refractivity contribution in [1.82, 2.24) is 4.90 Å². The molecular weight excluding hydrogens is 344 g/mol. The average molecular weight is 371 g/mol. The van der Waals surface area contributed by atoms with Gasteiger partial charge in [0.2, 0.25) is 0 Å².